The van der Waals surface area contributed by atoms with Gasteiger partial charge in [0.2, 0.25) is 0 Å². The summed E-state index contributed by atoms with van der Waals surface area (Å²) in [4.78, 5) is 22.9. The van der Waals surface area contributed by atoms with Crippen molar-refractivity contribution >= 4 is 34.0 Å². The van der Waals surface area contributed by atoms with E-state index in [1.165, 1.54) is 17.5 Å². The average molecular weight is 524 g/mol. The van der Waals surface area contributed by atoms with Gasteiger partial charge in [-0.2, -0.15) is 0 Å². The second-order valence-electron chi connectivity index (χ2n) is 9.49. The van der Waals surface area contributed by atoms with Gasteiger partial charge in [-0.05, 0) is 42.2 Å². The monoisotopic (exact) mass is 523 g/mol. The molecular formula is C31H31N4O4-. The van der Waals surface area contributed by atoms with Crippen molar-refractivity contribution in [2.45, 2.75) is 12.8 Å². The average Bonchev–Trinajstić information content (AvgIpc) is 2.97. The second kappa shape index (κ2) is 12.5. The van der Waals surface area contributed by atoms with Gasteiger partial charge in [0.15, 0.2) is 0 Å². The minimum absolute atomic E-state index is 0.153. The molecule has 0 unspecified atom stereocenters. The predicted molar refractivity (Wildman–Crippen MR) is 150 cm³/mol. The van der Waals surface area contributed by atoms with E-state index < -0.39 is 5.97 Å². The van der Waals surface area contributed by atoms with Gasteiger partial charge in [-0.25, -0.2) is 9.97 Å². The van der Waals surface area contributed by atoms with Crippen LogP contribution in [-0.2, 0) is 16.0 Å². The lowest BCUT2D eigenvalue weighted by Gasteiger charge is -2.26. The molecule has 1 N–H and O–H groups in total. The Morgan fingerprint density at radius 3 is 2.51 bits per heavy atom. The molecule has 1 aromatic heterocycles. The van der Waals surface area contributed by atoms with Gasteiger partial charge in [0, 0.05) is 47.9 Å². The van der Waals surface area contributed by atoms with Gasteiger partial charge >= 0.3 is 0 Å². The van der Waals surface area contributed by atoms with Crippen LogP contribution in [0.3, 0.4) is 0 Å². The molecule has 4 aromatic rings. The number of anilines is 2. The first kappa shape index (κ1) is 26.3. The van der Waals surface area contributed by atoms with Crippen LogP contribution in [-0.4, -0.2) is 60.3 Å². The number of hydrogen-bond acceptors (Lipinski definition) is 8. The molecule has 0 atom stereocenters. The zero-order chi connectivity index (χ0) is 27.0. The maximum Gasteiger partial charge on any atom is 0.141 e. The van der Waals surface area contributed by atoms with Crippen molar-refractivity contribution in [2.24, 2.45) is 0 Å². The number of fused-ring (bicyclic) bond motifs is 1. The molecule has 0 aliphatic carbocycles. The Kier molecular flexibility index (Phi) is 8.45. The molecule has 8 nitrogen and oxygen atoms in total. The van der Waals surface area contributed by atoms with Crippen molar-refractivity contribution in [1.82, 2.24) is 14.9 Å². The molecule has 1 aliphatic heterocycles. The van der Waals surface area contributed by atoms with E-state index in [9.17, 15) is 9.90 Å². The van der Waals surface area contributed by atoms with Crippen LogP contribution in [0.25, 0.3) is 16.5 Å². The van der Waals surface area contributed by atoms with E-state index in [1.807, 2.05) is 30.3 Å². The van der Waals surface area contributed by atoms with Gasteiger partial charge in [-0.1, -0.05) is 49.0 Å². The van der Waals surface area contributed by atoms with Crippen LogP contribution in [0.2, 0.25) is 0 Å². The van der Waals surface area contributed by atoms with Gasteiger partial charge in [0.05, 0.1) is 31.3 Å². The first-order valence-corrected chi connectivity index (χ1v) is 13.1. The van der Waals surface area contributed by atoms with Crippen molar-refractivity contribution in [2.75, 3.05) is 44.8 Å². The van der Waals surface area contributed by atoms with Crippen LogP contribution >= 0.6 is 0 Å². The van der Waals surface area contributed by atoms with E-state index in [0.717, 1.165) is 51.4 Å². The predicted octanol–water partition coefficient (Wildman–Crippen LogP) is 3.83. The number of nitrogens with zero attached hydrogens (tertiary/aromatic N) is 3. The number of aromatic nitrogens is 2. The SMILES string of the molecule is C=C(C(=O)[O-])c1cc2c(Nc3ccc(Cc4ccccc4)cc3)ncnc2cc1OCCCN1CCOCC1. The summed E-state index contributed by atoms with van der Waals surface area (Å²) in [5.74, 6) is -0.386. The highest BCUT2D eigenvalue weighted by atomic mass is 16.5. The molecule has 0 saturated carbocycles. The Morgan fingerprint density at radius 2 is 1.77 bits per heavy atom. The van der Waals surface area contributed by atoms with Crippen molar-refractivity contribution in [1.29, 1.82) is 0 Å². The maximum absolute atomic E-state index is 11.7. The molecule has 0 bridgehead atoms. The number of ether oxygens (including phenoxy) is 2. The highest BCUT2D eigenvalue weighted by molar-refractivity contribution is 6.15. The topological polar surface area (TPSA) is 99.6 Å². The number of aliphatic carboxylic acids is 1. The third-order valence-electron chi connectivity index (χ3n) is 6.76. The molecule has 1 aliphatic rings. The van der Waals surface area contributed by atoms with Crippen molar-refractivity contribution in [3.63, 3.8) is 0 Å². The summed E-state index contributed by atoms with van der Waals surface area (Å²) in [7, 11) is 0. The van der Waals surface area contributed by atoms with Crippen LogP contribution in [0.4, 0.5) is 11.5 Å². The third kappa shape index (κ3) is 6.79. The zero-order valence-corrected chi connectivity index (χ0v) is 21.8. The summed E-state index contributed by atoms with van der Waals surface area (Å²) in [6, 6.07) is 21.9. The van der Waals surface area contributed by atoms with Crippen LogP contribution in [0.1, 0.15) is 23.1 Å². The van der Waals surface area contributed by atoms with Crippen LogP contribution in [0.15, 0.2) is 79.6 Å². The molecule has 0 radical (unpaired) electrons. The zero-order valence-electron chi connectivity index (χ0n) is 21.8. The third-order valence-corrected chi connectivity index (χ3v) is 6.76. The van der Waals surface area contributed by atoms with Gasteiger partial charge in [-0.15, -0.1) is 0 Å². The highest BCUT2D eigenvalue weighted by Crippen LogP contribution is 2.33. The van der Waals surface area contributed by atoms with E-state index in [1.54, 1.807) is 12.1 Å². The minimum atomic E-state index is -1.35. The van der Waals surface area contributed by atoms with Crippen molar-refractivity contribution in [3.05, 3.63) is 96.3 Å². The lowest BCUT2D eigenvalue weighted by molar-refractivity contribution is -0.295. The molecule has 39 heavy (non-hydrogen) atoms. The normalized spacial score (nSPS) is 13.7. The fourth-order valence-electron chi connectivity index (χ4n) is 4.62. The summed E-state index contributed by atoms with van der Waals surface area (Å²) in [5.41, 5.74) is 4.13. The Morgan fingerprint density at radius 1 is 1.03 bits per heavy atom. The molecule has 2 heterocycles. The first-order valence-electron chi connectivity index (χ1n) is 13.1. The Hall–Kier alpha value is -4.27. The van der Waals surface area contributed by atoms with Crippen molar-refractivity contribution in [3.8, 4) is 5.75 Å². The molecule has 1 saturated heterocycles. The van der Waals surface area contributed by atoms with E-state index in [4.69, 9.17) is 9.47 Å². The molecule has 200 valence electrons. The first-order chi connectivity index (χ1) is 19.1. The summed E-state index contributed by atoms with van der Waals surface area (Å²) in [6.07, 6.45) is 3.12. The number of benzene rings is 3. The van der Waals surface area contributed by atoms with E-state index >= 15 is 0 Å². The van der Waals surface area contributed by atoms with Crippen LogP contribution < -0.4 is 15.2 Å². The molecule has 3 aromatic carbocycles. The van der Waals surface area contributed by atoms with E-state index in [0.29, 0.717) is 34.6 Å². The largest absolute Gasteiger partial charge is 0.545 e. The van der Waals surface area contributed by atoms with E-state index in [2.05, 4.69) is 51.0 Å². The number of hydrogen-bond donors (Lipinski definition) is 1. The number of rotatable bonds is 11. The molecular weight excluding hydrogens is 492 g/mol. The highest BCUT2D eigenvalue weighted by Gasteiger charge is 2.15. The number of carbonyl (C=O) groups excluding carboxylic acids is 1. The van der Waals surface area contributed by atoms with Crippen LogP contribution in [0.5, 0.6) is 5.75 Å². The van der Waals surface area contributed by atoms with Crippen LogP contribution in [0, 0.1) is 0 Å². The number of nitrogens with one attached hydrogen (secondary N) is 1. The Labute approximate surface area is 227 Å². The van der Waals surface area contributed by atoms with Gasteiger partial charge in [-0.3, -0.25) is 4.90 Å². The number of carboxylic acid groups (broad SMARTS) is 1. The molecule has 0 amide bonds. The second-order valence-corrected chi connectivity index (χ2v) is 9.49. The molecule has 8 heteroatoms. The summed E-state index contributed by atoms with van der Waals surface area (Å²) < 4.78 is 11.4. The standard InChI is InChI=1S/C31H32N4O4/c1-22(31(36)37)26-19-27-28(20-29(26)39-15-5-12-35-13-16-38-17-14-35)32-21-33-30(27)34-25-10-8-24(9-11-25)18-23-6-3-2-4-7-23/h2-4,6-11,19-21H,1,5,12-18H2,(H,36,37)(H,32,33,34)/p-1. The Balaban J connectivity index is 1.33. The summed E-state index contributed by atoms with van der Waals surface area (Å²) in [5, 5.41) is 15.7. The maximum atomic E-state index is 11.7. The van der Waals surface area contributed by atoms with Gasteiger partial charge in [0.1, 0.15) is 17.9 Å². The fraction of sp³-hybridized carbons (Fsp3) is 0.258. The van der Waals surface area contributed by atoms with Crippen molar-refractivity contribution < 1.29 is 19.4 Å². The van der Waals surface area contributed by atoms with Gasteiger partial charge in [0.25, 0.3) is 0 Å². The minimum Gasteiger partial charge on any atom is -0.545 e. The number of carboxylic acids is 1. The quantitative estimate of drug-likeness (QED) is 0.234. The summed E-state index contributed by atoms with van der Waals surface area (Å²) >= 11 is 0. The molecule has 5 rings (SSSR count). The van der Waals surface area contributed by atoms with Gasteiger partial charge < -0.3 is 24.7 Å². The summed E-state index contributed by atoms with van der Waals surface area (Å²) in [6.45, 7) is 8.35. The lowest BCUT2D eigenvalue weighted by atomic mass is 10.0. The Bertz CT molecular complexity index is 1430. The number of carbonyl (C=O) groups is 1. The molecule has 0 spiro atoms. The molecule has 1 fully saturated rings. The fourth-order valence-corrected chi connectivity index (χ4v) is 4.62. The lowest BCUT2D eigenvalue weighted by Crippen LogP contribution is -2.37. The smallest absolute Gasteiger partial charge is 0.141 e. The number of morpholine rings is 1. The van der Waals surface area contributed by atoms with E-state index in [-0.39, 0.29) is 5.57 Å².